The predicted octanol–water partition coefficient (Wildman–Crippen LogP) is 3.34. The molecule has 1 fully saturated rings. The van der Waals surface area contributed by atoms with Gasteiger partial charge in [0.15, 0.2) is 0 Å². The second-order valence-corrected chi connectivity index (χ2v) is 10.0. The summed E-state index contributed by atoms with van der Waals surface area (Å²) in [7, 11) is -3.92. The summed E-state index contributed by atoms with van der Waals surface area (Å²) in [5.41, 5.74) is 3.32. The Balaban J connectivity index is 1.46. The Hall–Kier alpha value is -3.36. The molecule has 8 heteroatoms. The number of benzene rings is 3. The number of nitrogens with zero attached hydrogens (tertiary/aromatic N) is 2. The standard InChI is InChI=1S/C26H29N3O4S/c1-21-7-5-6-10-25(21)29(34(31,32)24-8-3-2-4-9-24)20-26(30)27-19-22-11-13-23(14-12-22)28-15-17-33-18-16-28/h2-14H,15-20H2,1H3,(H,27,30). The number of carbonyl (C=O) groups excluding carboxylic acids is 1. The zero-order chi connectivity index (χ0) is 24.0. The van der Waals surface area contributed by atoms with Crippen LogP contribution in [0.5, 0.6) is 0 Å². The molecule has 1 aliphatic rings. The van der Waals surface area contributed by atoms with Crippen molar-refractivity contribution in [2.75, 3.05) is 42.1 Å². The van der Waals surface area contributed by atoms with Gasteiger partial charge in [0, 0.05) is 25.3 Å². The first-order valence-corrected chi connectivity index (χ1v) is 12.7. The molecular weight excluding hydrogens is 450 g/mol. The second-order valence-electron chi connectivity index (χ2n) is 8.15. The van der Waals surface area contributed by atoms with Crippen molar-refractivity contribution in [3.63, 3.8) is 0 Å². The average molecular weight is 480 g/mol. The number of rotatable bonds is 8. The van der Waals surface area contributed by atoms with E-state index in [9.17, 15) is 13.2 Å². The lowest BCUT2D eigenvalue weighted by molar-refractivity contribution is -0.119. The van der Waals surface area contributed by atoms with Gasteiger partial charge >= 0.3 is 0 Å². The molecule has 0 spiro atoms. The van der Waals surface area contributed by atoms with E-state index in [1.165, 1.54) is 16.4 Å². The van der Waals surface area contributed by atoms with Crippen LogP contribution in [0.25, 0.3) is 0 Å². The monoisotopic (exact) mass is 479 g/mol. The molecule has 1 saturated heterocycles. The molecule has 7 nitrogen and oxygen atoms in total. The molecule has 3 aromatic rings. The SMILES string of the molecule is Cc1ccccc1N(CC(=O)NCc1ccc(N2CCOCC2)cc1)S(=O)(=O)c1ccccc1. The Labute approximate surface area is 201 Å². The quantitative estimate of drug-likeness (QED) is 0.536. The largest absolute Gasteiger partial charge is 0.378 e. The fourth-order valence-corrected chi connectivity index (χ4v) is 5.40. The summed E-state index contributed by atoms with van der Waals surface area (Å²) in [6, 6.07) is 23.3. The highest BCUT2D eigenvalue weighted by atomic mass is 32.2. The Morgan fingerprint density at radius 3 is 2.26 bits per heavy atom. The first-order valence-electron chi connectivity index (χ1n) is 11.3. The molecule has 1 aliphatic heterocycles. The Bertz CT molecular complexity index is 1210. The normalized spacial score (nSPS) is 14.0. The molecule has 0 bridgehead atoms. The Morgan fingerprint density at radius 1 is 0.941 bits per heavy atom. The minimum absolute atomic E-state index is 0.143. The van der Waals surface area contributed by atoms with Crippen molar-refractivity contribution in [1.82, 2.24) is 5.32 Å². The minimum Gasteiger partial charge on any atom is -0.378 e. The van der Waals surface area contributed by atoms with E-state index >= 15 is 0 Å². The maximum Gasteiger partial charge on any atom is 0.264 e. The molecule has 34 heavy (non-hydrogen) atoms. The third-order valence-electron chi connectivity index (χ3n) is 5.80. The Morgan fingerprint density at radius 2 is 1.59 bits per heavy atom. The molecule has 0 unspecified atom stereocenters. The maximum absolute atomic E-state index is 13.4. The van der Waals surface area contributed by atoms with Crippen LogP contribution in [-0.2, 0) is 26.1 Å². The zero-order valence-corrected chi connectivity index (χ0v) is 20.0. The van der Waals surface area contributed by atoms with Gasteiger partial charge in [-0.2, -0.15) is 0 Å². The van der Waals surface area contributed by atoms with Gasteiger partial charge in [0.2, 0.25) is 5.91 Å². The van der Waals surface area contributed by atoms with E-state index in [1.807, 2.05) is 43.3 Å². The average Bonchev–Trinajstić information content (AvgIpc) is 2.88. The lowest BCUT2D eigenvalue weighted by atomic mass is 10.2. The van der Waals surface area contributed by atoms with Crippen LogP contribution < -0.4 is 14.5 Å². The molecule has 1 N–H and O–H groups in total. The van der Waals surface area contributed by atoms with Crippen molar-refractivity contribution in [2.24, 2.45) is 0 Å². The van der Waals surface area contributed by atoms with Crippen molar-refractivity contribution in [3.05, 3.63) is 90.0 Å². The van der Waals surface area contributed by atoms with Gasteiger partial charge in [-0.3, -0.25) is 9.10 Å². The van der Waals surface area contributed by atoms with Crippen LogP contribution in [-0.4, -0.2) is 47.2 Å². The number of hydrogen-bond donors (Lipinski definition) is 1. The third-order valence-corrected chi connectivity index (χ3v) is 7.58. The van der Waals surface area contributed by atoms with Crippen LogP contribution in [0, 0.1) is 6.92 Å². The van der Waals surface area contributed by atoms with E-state index < -0.39 is 10.0 Å². The van der Waals surface area contributed by atoms with Crippen LogP contribution in [0.4, 0.5) is 11.4 Å². The molecule has 1 amide bonds. The van der Waals surface area contributed by atoms with Gasteiger partial charge in [-0.25, -0.2) is 8.42 Å². The van der Waals surface area contributed by atoms with Gasteiger partial charge < -0.3 is 15.0 Å². The van der Waals surface area contributed by atoms with Gasteiger partial charge in [0.25, 0.3) is 10.0 Å². The summed E-state index contributed by atoms with van der Waals surface area (Å²) in [5, 5.41) is 2.86. The number of sulfonamides is 1. The van der Waals surface area contributed by atoms with Gasteiger partial charge in [-0.1, -0.05) is 48.5 Å². The number of ether oxygens (including phenoxy) is 1. The van der Waals surface area contributed by atoms with E-state index in [2.05, 4.69) is 10.2 Å². The Kier molecular flexibility index (Phi) is 7.49. The number of aryl methyl sites for hydroxylation is 1. The molecule has 0 aliphatic carbocycles. The van der Waals surface area contributed by atoms with Gasteiger partial charge in [0.1, 0.15) is 6.54 Å². The van der Waals surface area contributed by atoms with Gasteiger partial charge in [-0.15, -0.1) is 0 Å². The van der Waals surface area contributed by atoms with E-state index in [0.717, 1.165) is 43.1 Å². The van der Waals surface area contributed by atoms with Crippen LogP contribution >= 0.6 is 0 Å². The molecule has 0 atom stereocenters. The van der Waals surface area contributed by atoms with Crippen molar-refractivity contribution in [2.45, 2.75) is 18.4 Å². The second kappa shape index (κ2) is 10.7. The summed E-state index contributed by atoms with van der Waals surface area (Å²) >= 11 is 0. The van der Waals surface area contributed by atoms with E-state index in [4.69, 9.17) is 4.74 Å². The summed E-state index contributed by atoms with van der Waals surface area (Å²) in [4.78, 5) is 15.3. The molecule has 0 aromatic heterocycles. The van der Waals surface area contributed by atoms with Crippen molar-refractivity contribution < 1.29 is 17.9 Å². The number of carbonyl (C=O) groups is 1. The highest BCUT2D eigenvalue weighted by Crippen LogP contribution is 2.26. The van der Waals surface area contributed by atoms with Crippen LogP contribution in [0.1, 0.15) is 11.1 Å². The molecule has 178 valence electrons. The number of amides is 1. The first kappa shape index (κ1) is 23.8. The summed E-state index contributed by atoms with van der Waals surface area (Å²) in [6.45, 7) is 5.00. The number of para-hydroxylation sites is 1. The lowest BCUT2D eigenvalue weighted by Crippen LogP contribution is -2.41. The van der Waals surface area contributed by atoms with Crippen LogP contribution in [0.2, 0.25) is 0 Å². The third kappa shape index (κ3) is 5.58. The van der Waals surface area contributed by atoms with Gasteiger partial charge in [-0.05, 0) is 48.4 Å². The fraction of sp³-hybridized carbons (Fsp3) is 0.269. The minimum atomic E-state index is -3.92. The maximum atomic E-state index is 13.4. The van der Waals surface area contributed by atoms with Crippen molar-refractivity contribution >= 4 is 27.3 Å². The molecular formula is C26H29N3O4S. The predicted molar refractivity (Wildman–Crippen MR) is 133 cm³/mol. The number of anilines is 2. The summed E-state index contributed by atoms with van der Waals surface area (Å²) < 4.78 is 33.4. The van der Waals surface area contributed by atoms with Crippen molar-refractivity contribution in [3.8, 4) is 0 Å². The van der Waals surface area contributed by atoms with Crippen LogP contribution in [0.3, 0.4) is 0 Å². The van der Waals surface area contributed by atoms with Crippen LogP contribution in [0.15, 0.2) is 83.8 Å². The van der Waals surface area contributed by atoms with Gasteiger partial charge in [0.05, 0.1) is 23.8 Å². The number of hydrogen-bond acceptors (Lipinski definition) is 5. The molecule has 0 radical (unpaired) electrons. The molecule has 1 heterocycles. The van der Waals surface area contributed by atoms with E-state index in [1.54, 1.807) is 30.3 Å². The highest BCUT2D eigenvalue weighted by molar-refractivity contribution is 7.92. The summed E-state index contributed by atoms with van der Waals surface area (Å²) in [6.07, 6.45) is 0. The number of morpholine rings is 1. The fourth-order valence-electron chi connectivity index (χ4n) is 3.90. The summed E-state index contributed by atoms with van der Waals surface area (Å²) in [5.74, 6) is -0.375. The topological polar surface area (TPSA) is 79.0 Å². The molecule has 3 aromatic carbocycles. The lowest BCUT2D eigenvalue weighted by Gasteiger charge is -2.29. The first-order chi connectivity index (χ1) is 16.4. The highest BCUT2D eigenvalue weighted by Gasteiger charge is 2.28. The molecule has 0 saturated carbocycles. The molecule has 4 rings (SSSR count). The van der Waals surface area contributed by atoms with E-state index in [0.29, 0.717) is 12.2 Å². The zero-order valence-electron chi connectivity index (χ0n) is 19.2. The van der Waals surface area contributed by atoms with E-state index in [-0.39, 0.29) is 17.3 Å². The smallest absolute Gasteiger partial charge is 0.264 e. The van der Waals surface area contributed by atoms with Crippen molar-refractivity contribution in [1.29, 1.82) is 0 Å². The number of nitrogens with one attached hydrogen (secondary N) is 1.